The molecule has 1 N–H and O–H groups in total. The van der Waals surface area contributed by atoms with Gasteiger partial charge in [-0.25, -0.2) is 4.90 Å². The first-order valence-electron chi connectivity index (χ1n) is 11.4. The first-order valence-corrected chi connectivity index (χ1v) is 11.4. The molecule has 2 heterocycles. The lowest BCUT2D eigenvalue weighted by Gasteiger charge is -2.35. The Morgan fingerprint density at radius 3 is 1.71 bits per heavy atom. The summed E-state index contributed by atoms with van der Waals surface area (Å²) in [7, 11) is 0. The predicted octanol–water partition coefficient (Wildman–Crippen LogP) is 3.88. The number of amides is 4. The Morgan fingerprint density at radius 2 is 1.26 bits per heavy atom. The number of aliphatic hydroxyl groups excluding tert-OH is 1. The number of imide groups is 2. The highest BCUT2D eigenvalue weighted by Gasteiger charge is 2.42. The number of aliphatic hydroxyl groups is 1. The van der Waals surface area contributed by atoms with Gasteiger partial charge in [0.2, 0.25) is 0 Å². The molecule has 0 bridgehead atoms. The molecule has 0 aliphatic carbocycles. The molecule has 0 aromatic heterocycles. The van der Waals surface area contributed by atoms with Gasteiger partial charge >= 0.3 is 0 Å². The van der Waals surface area contributed by atoms with Gasteiger partial charge in [0.25, 0.3) is 23.6 Å². The third-order valence-electron chi connectivity index (χ3n) is 6.90. The van der Waals surface area contributed by atoms with Gasteiger partial charge in [-0.15, -0.1) is 0 Å². The SMILES string of the molecule is CCc1cccc(C)c1N1C(=O)c2ccc3c4c(ccc(c24)C1=O)C(=O)N(C(CC)CO)C3=O. The summed E-state index contributed by atoms with van der Waals surface area (Å²) in [5.74, 6) is -2.02. The molecule has 3 aromatic carbocycles. The minimum atomic E-state index is -0.650. The summed E-state index contributed by atoms with van der Waals surface area (Å²) in [5, 5.41) is 10.4. The summed E-state index contributed by atoms with van der Waals surface area (Å²) in [4.78, 5) is 56.2. The fourth-order valence-electron chi connectivity index (χ4n) is 5.15. The number of anilines is 1. The highest BCUT2D eigenvalue weighted by Crippen LogP contribution is 2.40. The second kappa shape index (κ2) is 7.88. The zero-order valence-electron chi connectivity index (χ0n) is 19.2. The second-order valence-corrected chi connectivity index (χ2v) is 8.68. The fraction of sp³-hybridized carbons (Fsp3) is 0.259. The van der Waals surface area contributed by atoms with Crippen molar-refractivity contribution in [3.63, 3.8) is 0 Å². The second-order valence-electron chi connectivity index (χ2n) is 8.68. The van der Waals surface area contributed by atoms with Crippen LogP contribution in [0.15, 0.2) is 42.5 Å². The van der Waals surface area contributed by atoms with E-state index in [1.165, 1.54) is 4.90 Å². The summed E-state index contributed by atoms with van der Waals surface area (Å²) in [6.45, 7) is 5.28. The summed E-state index contributed by atoms with van der Waals surface area (Å²) < 4.78 is 0. The van der Waals surface area contributed by atoms with E-state index in [2.05, 4.69) is 0 Å². The highest BCUT2D eigenvalue weighted by atomic mass is 16.3. The summed E-state index contributed by atoms with van der Waals surface area (Å²) in [5.41, 5.74) is 3.33. The number of hydrogen-bond donors (Lipinski definition) is 1. The van der Waals surface area contributed by atoms with E-state index in [0.717, 1.165) is 16.0 Å². The molecule has 0 saturated heterocycles. The Kier molecular flexibility index (Phi) is 5.10. The van der Waals surface area contributed by atoms with Crippen LogP contribution >= 0.6 is 0 Å². The van der Waals surface area contributed by atoms with E-state index in [-0.39, 0.29) is 28.9 Å². The highest BCUT2D eigenvalue weighted by molar-refractivity contribution is 6.39. The quantitative estimate of drug-likeness (QED) is 0.588. The number of aryl methyl sites for hydroxylation is 2. The Hall–Kier alpha value is -3.84. The van der Waals surface area contributed by atoms with Crippen LogP contribution in [0.25, 0.3) is 10.8 Å². The Labute approximate surface area is 196 Å². The van der Waals surface area contributed by atoms with Crippen LogP contribution in [0, 0.1) is 6.92 Å². The van der Waals surface area contributed by atoms with E-state index < -0.39 is 29.7 Å². The van der Waals surface area contributed by atoms with Crippen LogP contribution < -0.4 is 4.90 Å². The third kappa shape index (κ3) is 2.80. The van der Waals surface area contributed by atoms with Crippen LogP contribution in [-0.4, -0.2) is 46.3 Å². The maximum Gasteiger partial charge on any atom is 0.266 e. The van der Waals surface area contributed by atoms with Gasteiger partial charge in [-0.1, -0.05) is 32.0 Å². The van der Waals surface area contributed by atoms with Gasteiger partial charge in [-0.3, -0.25) is 24.1 Å². The molecule has 0 radical (unpaired) electrons. The minimum absolute atomic E-state index is 0.251. The van der Waals surface area contributed by atoms with E-state index in [0.29, 0.717) is 29.3 Å². The van der Waals surface area contributed by atoms with Crippen LogP contribution in [-0.2, 0) is 6.42 Å². The number of benzene rings is 3. The average molecular weight is 456 g/mol. The topological polar surface area (TPSA) is 95.0 Å². The fourth-order valence-corrected chi connectivity index (χ4v) is 5.15. The first-order chi connectivity index (χ1) is 16.3. The summed E-state index contributed by atoms with van der Waals surface area (Å²) >= 11 is 0. The van der Waals surface area contributed by atoms with Crippen molar-refractivity contribution in [2.45, 2.75) is 39.7 Å². The number of carbonyl (C=O) groups is 4. The molecule has 5 rings (SSSR count). The molecule has 34 heavy (non-hydrogen) atoms. The largest absolute Gasteiger partial charge is 0.394 e. The lowest BCUT2D eigenvalue weighted by Crippen LogP contribution is -2.49. The van der Waals surface area contributed by atoms with Crippen molar-refractivity contribution < 1.29 is 24.3 Å². The molecule has 1 atom stereocenters. The van der Waals surface area contributed by atoms with Crippen LogP contribution in [0.3, 0.4) is 0 Å². The maximum atomic E-state index is 13.7. The van der Waals surface area contributed by atoms with Crippen molar-refractivity contribution in [1.82, 2.24) is 4.90 Å². The molecule has 4 amide bonds. The lowest BCUT2D eigenvalue weighted by atomic mass is 9.85. The predicted molar refractivity (Wildman–Crippen MR) is 127 cm³/mol. The van der Waals surface area contributed by atoms with Gasteiger partial charge in [0.1, 0.15) is 0 Å². The minimum Gasteiger partial charge on any atom is -0.394 e. The van der Waals surface area contributed by atoms with Crippen molar-refractivity contribution in [3.8, 4) is 0 Å². The van der Waals surface area contributed by atoms with E-state index >= 15 is 0 Å². The molecule has 2 aliphatic rings. The number of nitrogens with zero attached hydrogens (tertiary/aromatic N) is 2. The van der Waals surface area contributed by atoms with Gasteiger partial charge < -0.3 is 5.11 Å². The molecule has 0 fully saturated rings. The molecule has 7 heteroatoms. The number of carbonyl (C=O) groups excluding carboxylic acids is 4. The Balaban J connectivity index is 1.75. The molecular formula is C27H24N2O5. The van der Waals surface area contributed by atoms with Crippen molar-refractivity contribution in [3.05, 3.63) is 75.8 Å². The summed E-state index contributed by atoms with van der Waals surface area (Å²) in [6, 6.07) is 11.2. The smallest absolute Gasteiger partial charge is 0.266 e. The van der Waals surface area contributed by atoms with E-state index in [1.54, 1.807) is 31.2 Å². The Morgan fingerprint density at radius 1 is 0.765 bits per heavy atom. The number of rotatable bonds is 5. The third-order valence-corrected chi connectivity index (χ3v) is 6.90. The van der Waals surface area contributed by atoms with Gasteiger partial charge in [0, 0.05) is 33.0 Å². The van der Waals surface area contributed by atoms with Crippen LogP contribution in [0.4, 0.5) is 5.69 Å². The molecule has 172 valence electrons. The van der Waals surface area contributed by atoms with Gasteiger partial charge in [-0.05, 0) is 55.2 Å². The van der Waals surface area contributed by atoms with E-state index in [9.17, 15) is 24.3 Å². The van der Waals surface area contributed by atoms with Crippen molar-refractivity contribution in [2.24, 2.45) is 0 Å². The Bertz CT molecular complexity index is 1350. The maximum absolute atomic E-state index is 13.7. The van der Waals surface area contributed by atoms with E-state index in [1.807, 2.05) is 32.0 Å². The van der Waals surface area contributed by atoms with E-state index in [4.69, 9.17) is 0 Å². The molecule has 0 saturated carbocycles. The van der Waals surface area contributed by atoms with Gasteiger partial charge in [0.05, 0.1) is 18.3 Å². The molecular weight excluding hydrogens is 432 g/mol. The average Bonchev–Trinajstić information content (AvgIpc) is 2.84. The molecule has 7 nitrogen and oxygen atoms in total. The lowest BCUT2D eigenvalue weighted by molar-refractivity contribution is 0.0465. The summed E-state index contributed by atoms with van der Waals surface area (Å²) in [6.07, 6.45) is 1.06. The molecule has 1 unspecified atom stereocenters. The zero-order chi connectivity index (χ0) is 24.3. The molecule has 0 spiro atoms. The number of hydrogen-bond acceptors (Lipinski definition) is 5. The zero-order valence-corrected chi connectivity index (χ0v) is 19.2. The number of para-hydroxylation sites is 1. The van der Waals surface area contributed by atoms with Gasteiger partial charge in [-0.2, -0.15) is 0 Å². The van der Waals surface area contributed by atoms with Crippen molar-refractivity contribution in [2.75, 3.05) is 11.5 Å². The molecule has 3 aromatic rings. The van der Waals surface area contributed by atoms with Crippen LogP contribution in [0.2, 0.25) is 0 Å². The monoisotopic (exact) mass is 456 g/mol. The van der Waals surface area contributed by atoms with Gasteiger partial charge in [0.15, 0.2) is 0 Å². The standard InChI is InChI=1S/C27H24N2O5/c1-4-15-8-6-7-14(3)23(15)29-26(33)19-11-9-17-21-18(10-12-20(22(19)21)27(29)34)25(32)28(24(17)31)16(5-2)13-30/h6-12,16,30H,4-5,13H2,1-3H3. The van der Waals surface area contributed by atoms with Crippen LogP contribution in [0.5, 0.6) is 0 Å². The van der Waals surface area contributed by atoms with Crippen molar-refractivity contribution in [1.29, 1.82) is 0 Å². The normalized spacial score (nSPS) is 16.0. The molecule has 2 aliphatic heterocycles. The van der Waals surface area contributed by atoms with Crippen molar-refractivity contribution >= 4 is 40.1 Å². The van der Waals surface area contributed by atoms with Crippen LogP contribution in [0.1, 0.15) is 72.8 Å². The first kappa shape index (κ1) is 22.0.